The summed E-state index contributed by atoms with van der Waals surface area (Å²) >= 11 is 12.8. The van der Waals surface area contributed by atoms with E-state index in [1.807, 2.05) is 60.7 Å². The summed E-state index contributed by atoms with van der Waals surface area (Å²) in [4.78, 5) is 29.4. The molecule has 1 aliphatic rings. The van der Waals surface area contributed by atoms with E-state index in [0.29, 0.717) is 28.6 Å². The Hall–Kier alpha value is -2.82. The number of carbonyl (C=O) groups is 2. The van der Waals surface area contributed by atoms with E-state index >= 15 is 0 Å². The molecule has 0 unspecified atom stereocenters. The number of nitrogens with zero attached hydrogens (tertiary/aromatic N) is 1. The standard InChI is InChI=1S/C30H32Cl2N2O2/c31-26-17-10-18-27(32)25(26)20-29(35)34(21-23-13-6-2-7-14-23)28(19-22-11-4-1-5-12-22)30(36)33-24-15-8-3-9-16-24/h1-2,4-7,10-14,17-18,24,28H,3,8-9,15-16,19-21H2,(H,33,36)/t28-/m0/s1. The van der Waals surface area contributed by atoms with E-state index < -0.39 is 6.04 Å². The number of nitrogens with one attached hydrogen (secondary N) is 1. The molecule has 1 atom stereocenters. The Morgan fingerprint density at radius 2 is 1.39 bits per heavy atom. The van der Waals surface area contributed by atoms with Gasteiger partial charge in [-0.15, -0.1) is 0 Å². The molecule has 4 nitrogen and oxygen atoms in total. The molecule has 0 aromatic heterocycles. The summed E-state index contributed by atoms with van der Waals surface area (Å²) in [5.41, 5.74) is 2.54. The van der Waals surface area contributed by atoms with Gasteiger partial charge in [0.2, 0.25) is 11.8 Å². The molecule has 36 heavy (non-hydrogen) atoms. The number of benzene rings is 3. The minimum atomic E-state index is -0.664. The third kappa shape index (κ3) is 7.11. The zero-order chi connectivity index (χ0) is 25.3. The highest BCUT2D eigenvalue weighted by Crippen LogP contribution is 2.26. The van der Waals surface area contributed by atoms with Crippen molar-refractivity contribution < 1.29 is 9.59 Å². The highest BCUT2D eigenvalue weighted by molar-refractivity contribution is 6.36. The largest absolute Gasteiger partial charge is 0.352 e. The lowest BCUT2D eigenvalue weighted by atomic mass is 9.94. The Labute approximate surface area is 223 Å². The number of hydrogen-bond donors (Lipinski definition) is 1. The monoisotopic (exact) mass is 522 g/mol. The van der Waals surface area contributed by atoms with Crippen molar-refractivity contribution in [3.05, 3.63) is 106 Å². The lowest BCUT2D eigenvalue weighted by Crippen LogP contribution is -2.53. The summed E-state index contributed by atoms with van der Waals surface area (Å²) < 4.78 is 0. The summed E-state index contributed by atoms with van der Waals surface area (Å²) in [5, 5.41) is 4.15. The lowest BCUT2D eigenvalue weighted by Gasteiger charge is -2.33. The van der Waals surface area contributed by atoms with Gasteiger partial charge in [-0.2, -0.15) is 0 Å². The summed E-state index contributed by atoms with van der Waals surface area (Å²) in [6.45, 7) is 0.317. The van der Waals surface area contributed by atoms with Crippen LogP contribution in [0.1, 0.15) is 48.8 Å². The van der Waals surface area contributed by atoms with E-state index in [1.165, 1.54) is 6.42 Å². The molecule has 3 aromatic rings. The van der Waals surface area contributed by atoms with Crippen molar-refractivity contribution in [2.45, 2.75) is 63.6 Å². The smallest absolute Gasteiger partial charge is 0.243 e. The molecule has 0 spiro atoms. The predicted octanol–water partition coefficient (Wildman–Crippen LogP) is 6.62. The Bertz CT molecular complexity index is 1130. The van der Waals surface area contributed by atoms with Gasteiger partial charge >= 0.3 is 0 Å². The van der Waals surface area contributed by atoms with Crippen LogP contribution in [0, 0.1) is 0 Å². The Morgan fingerprint density at radius 1 is 0.806 bits per heavy atom. The maximum Gasteiger partial charge on any atom is 0.243 e. The highest BCUT2D eigenvalue weighted by Gasteiger charge is 2.32. The highest BCUT2D eigenvalue weighted by atomic mass is 35.5. The third-order valence-electron chi connectivity index (χ3n) is 6.81. The average Bonchev–Trinajstić information content (AvgIpc) is 2.90. The van der Waals surface area contributed by atoms with Gasteiger partial charge in [0.25, 0.3) is 0 Å². The van der Waals surface area contributed by atoms with Crippen LogP contribution >= 0.6 is 23.2 Å². The topological polar surface area (TPSA) is 49.4 Å². The maximum atomic E-state index is 13.9. The van der Waals surface area contributed by atoms with Gasteiger partial charge in [0.05, 0.1) is 6.42 Å². The molecular formula is C30H32Cl2N2O2. The van der Waals surface area contributed by atoms with Gasteiger partial charge in [0.15, 0.2) is 0 Å². The molecule has 2 amide bonds. The first-order valence-corrected chi connectivity index (χ1v) is 13.4. The van der Waals surface area contributed by atoms with Crippen molar-refractivity contribution in [3.8, 4) is 0 Å². The average molecular weight is 524 g/mol. The molecule has 0 aliphatic heterocycles. The van der Waals surface area contributed by atoms with Crippen molar-refractivity contribution in [1.29, 1.82) is 0 Å². The van der Waals surface area contributed by atoms with Gasteiger partial charge in [-0.3, -0.25) is 9.59 Å². The second-order valence-electron chi connectivity index (χ2n) is 9.43. The second-order valence-corrected chi connectivity index (χ2v) is 10.2. The number of halogens is 2. The van der Waals surface area contributed by atoms with Gasteiger partial charge in [-0.05, 0) is 41.7 Å². The fourth-order valence-electron chi connectivity index (χ4n) is 4.83. The molecule has 0 radical (unpaired) electrons. The maximum absolute atomic E-state index is 13.9. The first-order chi connectivity index (χ1) is 17.5. The predicted molar refractivity (Wildman–Crippen MR) is 146 cm³/mol. The normalized spacial score (nSPS) is 14.7. The SMILES string of the molecule is O=C(NC1CCCCC1)[C@H](Cc1ccccc1)N(Cc1ccccc1)C(=O)Cc1c(Cl)cccc1Cl. The fourth-order valence-corrected chi connectivity index (χ4v) is 5.36. The minimum absolute atomic E-state index is 0.0212. The molecule has 6 heteroatoms. The Kier molecular flexibility index (Phi) is 9.43. The summed E-state index contributed by atoms with van der Waals surface area (Å²) in [5.74, 6) is -0.297. The fraction of sp³-hybridized carbons (Fsp3) is 0.333. The molecule has 188 valence electrons. The van der Waals surface area contributed by atoms with Crippen LogP contribution in [-0.2, 0) is 29.0 Å². The molecule has 3 aromatic carbocycles. The van der Waals surface area contributed by atoms with Crippen LogP contribution in [0.25, 0.3) is 0 Å². The number of amides is 2. The lowest BCUT2D eigenvalue weighted by molar-refractivity contribution is -0.141. The van der Waals surface area contributed by atoms with Crippen LogP contribution < -0.4 is 5.32 Å². The number of hydrogen-bond acceptors (Lipinski definition) is 2. The van der Waals surface area contributed by atoms with E-state index in [-0.39, 0.29) is 24.3 Å². The van der Waals surface area contributed by atoms with Crippen LogP contribution in [0.2, 0.25) is 10.0 Å². The summed E-state index contributed by atoms with van der Waals surface area (Å²) in [7, 11) is 0. The molecule has 0 bridgehead atoms. The Morgan fingerprint density at radius 3 is 2.00 bits per heavy atom. The van der Waals surface area contributed by atoms with Crippen LogP contribution in [-0.4, -0.2) is 28.8 Å². The van der Waals surface area contributed by atoms with Gasteiger partial charge in [0, 0.05) is 29.1 Å². The first kappa shape index (κ1) is 26.2. The molecule has 1 N–H and O–H groups in total. The van der Waals surface area contributed by atoms with E-state index in [4.69, 9.17) is 23.2 Å². The van der Waals surface area contributed by atoms with Crippen LogP contribution in [0.3, 0.4) is 0 Å². The van der Waals surface area contributed by atoms with Crippen LogP contribution in [0.5, 0.6) is 0 Å². The van der Waals surface area contributed by atoms with Crippen LogP contribution in [0.4, 0.5) is 0 Å². The quantitative estimate of drug-likeness (QED) is 0.343. The molecule has 0 heterocycles. The van der Waals surface area contributed by atoms with E-state index in [9.17, 15) is 9.59 Å². The Balaban J connectivity index is 1.66. The van der Waals surface area contributed by atoms with Crippen molar-refractivity contribution in [2.75, 3.05) is 0 Å². The zero-order valence-corrected chi connectivity index (χ0v) is 21.8. The minimum Gasteiger partial charge on any atom is -0.352 e. The van der Waals surface area contributed by atoms with Crippen molar-refractivity contribution in [2.24, 2.45) is 0 Å². The molecule has 0 saturated heterocycles. The summed E-state index contributed by atoms with van der Waals surface area (Å²) in [6.07, 6.45) is 5.84. The van der Waals surface area contributed by atoms with E-state index in [1.54, 1.807) is 23.1 Å². The molecular weight excluding hydrogens is 491 g/mol. The molecule has 4 rings (SSSR count). The van der Waals surface area contributed by atoms with E-state index in [0.717, 1.165) is 36.8 Å². The second kappa shape index (κ2) is 12.9. The van der Waals surface area contributed by atoms with Gasteiger partial charge in [-0.25, -0.2) is 0 Å². The van der Waals surface area contributed by atoms with Crippen molar-refractivity contribution >= 4 is 35.0 Å². The zero-order valence-electron chi connectivity index (χ0n) is 20.3. The van der Waals surface area contributed by atoms with Crippen molar-refractivity contribution in [3.63, 3.8) is 0 Å². The third-order valence-corrected chi connectivity index (χ3v) is 7.52. The van der Waals surface area contributed by atoms with Gasteiger partial charge in [0.1, 0.15) is 6.04 Å². The number of carbonyl (C=O) groups excluding carboxylic acids is 2. The van der Waals surface area contributed by atoms with E-state index in [2.05, 4.69) is 5.32 Å². The van der Waals surface area contributed by atoms with Gasteiger partial charge < -0.3 is 10.2 Å². The van der Waals surface area contributed by atoms with Crippen molar-refractivity contribution in [1.82, 2.24) is 10.2 Å². The molecule has 1 aliphatic carbocycles. The summed E-state index contributed by atoms with van der Waals surface area (Å²) in [6, 6.07) is 24.3. The first-order valence-electron chi connectivity index (χ1n) is 12.6. The molecule has 1 fully saturated rings. The molecule has 1 saturated carbocycles. The van der Waals surface area contributed by atoms with Gasteiger partial charge in [-0.1, -0.05) is 109 Å². The number of rotatable bonds is 9. The van der Waals surface area contributed by atoms with Crippen LogP contribution in [0.15, 0.2) is 78.9 Å².